The van der Waals surface area contributed by atoms with Gasteiger partial charge in [0.2, 0.25) is 0 Å². The molecule has 152 valence electrons. The first-order valence-electron chi connectivity index (χ1n) is 10.7. The van der Waals surface area contributed by atoms with E-state index in [0.717, 1.165) is 65.7 Å². The topological polar surface area (TPSA) is 57.7 Å². The molecule has 4 aromatic rings. The number of piperidine rings is 1. The predicted octanol–water partition coefficient (Wildman–Crippen LogP) is 5.33. The van der Waals surface area contributed by atoms with E-state index in [9.17, 15) is 0 Å². The van der Waals surface area contributed by atoms with Gasteiger partial charge in [0.25, 0.3) is 0 Å². The SMILES string of the molecule is Cc1ccc(-c2cc(N3CCC(c4nc5ccc(C)cc5[nH]4)CC3)nc(C)n2)cc1. The van der Waals surface area contributed by atoms with Gasteiger partial charge < -0.3 is 9.88 Å². The number of nitrogens with one attached hydrogen (secondary N) is 1. The number of H-pyrrole nitrogens is 1. The van der Waals surface area contributed by atoms with E-state index in [2.05, 4.69) is 77.2 Å². The Kier molecular flexibility index (Phi) is 4.74. The van der Waals surface area contributed by atoms with Gasteiger partial charge in [0.05, 0.1) is 16.7 Å². The van der Waals surface area contributed by atoms with Crippen molar-refractivity contribution in [2.24, 2.45) is 0 Å². The van der Waals surface area contributed by atoms with Crippen LogP contribution in [0.15, 0.2) is 48.5 Å². The number of rotatable bonds is 3. The van der Waals surface area contributed by atoms with Gasteiger partial charge in [-0.2, -0.15) is 0 Å². The first kappa shape index (κ1) is 18.8. The summed E-state index contributed by atoms with van der Waals surface area (Å²) in [6.07, 6.45) is 2.14. The summed E-state index contributed by atoms with van der Waals surface area (Å²) in [5.41, 5.74) is 6.85. The van der Waals surface area contributed by atoms with E-state index in [0.29, 0.717) is 5.92 Å². The molecule has 5 nitrogen and oxygen atoms in total. The van der Waals surface area contributed by atoms with Crippen LogP contribution < -0.4 is 4.90 Å². The van der Waals surface area contributed by atoms with Crippen LogP contribution in [0.5, 0.6) is 0 Å². The van der Waals surface area contributed by atoms with Crippen LogP contribution in [0.4, 0.5) is 5.82 Å². The average Bonchev–Trinajstić information content (AvgIpc) is 3.17. The monoisotopic (exact) mass is 397 g/mol. The Balaban J connectivity index is 1.34. The molecule has 5 rings (SSSR count). The fraction of sp³-hybridized carbons (Fsp3) is 0.320. The van der Waals surface area contributed by atoms with E-state index in [1.54, 1.807) is 0 Å². The number of nitrogens with zero attached hydrogens (tertiary/aromatic N) is 4. The molecule has 0 atom stereocenters. The van der Waals surface area contributed by atoms with E-state index in [1.807, 2.05) is 6.92 Å². The largest absolute Gasteiger partial charge is 0.356 e. The first-order valence-corrected chi connectivity index (χ1v) is 10.7. The molecule has 0 radical (unpaired) electrons. The maximum atomic E-state index is 4.85. The van der Waals surface area contributed by atoms with Crippen molar-refractivity contribution in [1.29, 1.82) is 0 Å². The van der Waals surface area contributed by atoms with Crippen LogP contribution in [0.1, 0.15) is 41.5 Å². The Morgan fingerprint density at radius 3 is 2.33 bits per heavy atom. The standard InChI is InChI=1S/C25H27N5/c1-16-4-7-19(8-5-16)22-15-24(27-18(3)26-22)30-12-10-20(11-13-30)25-28-21-9-6-17(2)14-23(21)29-25/h4-9,14-15,20H,10-13H2,1-3H3,(H,28,29). The van der Waals surface area contributed by atoms with E-state index < -0.39 is 0 Å². The number of hydrogen-bond acceptors (Lipinski definition) is 4. The van der Waals surface area contributed by atoms with Crippen molar-refractivity contribution in [2.45, 2.75) is 39.5 Å². The molecule has 3 heterocycles. The van der Waals surface area contributed by atoms with E-state index in [-0.39, 0.29) is 0 Å². The third-order valence-electron chi connectivity index (χ3n) is 6.03. The third-order valence-corrected chi connectivity index (χ3v) is 6.03. The lowest BCUT2D eigenvalue weighted by molar-refractivity contribution is 0.487. The molecule has 0 bridgehead atoms. The van der Waals surface area contributed by atoms with Gasteiger partial charge in [0.1, 0.15) is 17.5 Å². The molecule has 0 aliphatic carbocycles. The minimum Gasteiger partial charge on any atom is -0.356 e. The number of anilines is 1. The number of benzene rings is 2. The fourth-order valence-corrected chi connectivity index (χ4v) is 4.30. The summed E-state index contributed by atoms with van der Waals surface area (Å²) >= 11 is 0. The molecule has 1 N–H and O–H groups in total. The van der Waals surface area contributed by atoms with Gasteiger partial charge in [-0.15, -0.1) is 0 Å². The summed E-state index contributed by atoms with van der Waals surface area (Å²) in [5, 5.41) is 0. The van der Waals surface area contributed by atoms with Gasteiger partial charge in [-0.25, -0.2) is 15.0 Å². The molecular formula is C25H27N5. The first-order chi connectivity index (χ1) is 14.5. The lowest BCUT2D eigenvalue weighted by Crippen LogP contribution is -2.34. The lowest BCUT2D eigenvalue weighted by atomic mass is 9.96. The normalized spacial score (nSPS) is 15.1. The minimum absolute atomic E-state index is 0.466. The van der Waals surface area contributed by atoms with Gasteiger partial charge in [0.15, 0.2) is 0 Å². The number of hydrogen-bond donors (Lipinski definition) is 1. The second kappa shape index (κ2) is 7.56. The van der Waals surface area contributed by atoms with Gasteiger partial charge >= 0.3 is 0 Å². The van der Waals surface area contributed by atoms with Gasteiger partial charge in [-0.3, -0.25) is 0 Å². The molecule has 1 saturated heterocycles. The molecule has 0 amide bonds. The zero-order chi connectivity index (χ0) is 20.7. The molecule has 0 saturated carbocycles. The number of aryl methyl sites for hydroxylation is 3. The van der Waals surface area contributed by atoms with Crippen LogP contribution in [-0.2, 0) is 0 Å². The summed E-state index contributed by atoms with van der Waals surface area (Å²) in [7, 11) is 0. The fourth-order valence-electron chi connectivity index (χ4n) is 4.30. The molecule has 2 aromatic carbocycles. The summed E-state index contributed by atoms with van der Waals surface area (Å²) in [6.45, 7) is 8.15. The van der Waals surface area contributed by atoms with Crippen LogP contribution in [-0.4, -0.2) is 33.0 Å². The summed E-state index contributed by atoms with van der Waals surface area (Å²) in [5.74, 6) is 3.43. The quantitative estimate of drug-likeness (QED) is 0.508. The number of aromatic amines is 1. The van der Waals surface area contributed by atoms with Crippen molar-refractivity contribution < 1.29 is 0 Å². The molecule has 0 spiro atoms. The summed E-state index contributed by atoms with van der Waals surface area (Å²) < 4.78 is 0. The number of fused-ring (bicyclic) bond motifs is 1. The highest BCUT2D eigenvalue weighted by molar-refractivity contribution is 5.76. The van der Waals surface area contributed by atoms with E-state index in [4.69, 9.17) is 9.97 Å². The predicted molar refractivity (Wildman–Crippen MR) is 122 cm³/mol. The van der Waals surface area contributed by atoms with Crippen molar-refractivity contribution in [1.82, 2.24) is 19.9 Å². The molecule has 1 aliphatic rings. The maximum absolute atomic E-state index is 4.85. The summed E-state index contributed by atoms with van der Waals surface area (Å²) in [6, 6.07) is 17.1. The Bertz CT molecular complexity index is 1180. The molecule has 1 fully saturated rings. The van der Waals surface area contributed by atoms with Crippen molar-refractivity contribution in [3.05, 3.63) is 71.3 Å². The van der Waals surface area contributed by atoms with Gasteiger partial charge in [0, 0.05) is 30.6 Å². The van der Waals surface area contributed by atoms with Crippen LogP contribution >= 0.6 is 0 Å². The second-order valence-corrected chi connectivity index (χ2v) is 8.43. The Morgan fingerprint density at radius 1 is 0.833 bits per heavy atom. The highest BCUT2D eigenvalue weighted by atomic mass is 15.2. The van der Waals surface area contributed by atoms with E-state index in [1.165, 1.54) is 11.1 Å². The van der Waals surface area contributed by atoms with Gasteiger partial charge in [-0.1, -0.05) is 35.9 Å². The Labute approximate surface area is 177 Å². The van der Waals surface area contributed by atoms with Gasteiger partial charge in [-0.05, 0) is 51.3 Å². The van der Waals surface area contributed by atoms with Crippen molar-refractivity contribution in [2.75, 3.05) is 18.0 Å². The van der Waals surface area contributed by atoms with Crippen molar-refractivity contribution >= 4 is 16.9 Å². The van der Waals surface area contributed by atoms with Crippen LogP contribution in [0.25, 0.3) is 22.3 Å². The summed E-state index contributed by atoms with van der Waals surface area (Å²) in [4.78, 5) is 20.2. The van der Waals surface area contributed by atoms with E-state index >= 15 is 0 Å². The zero-order valence-electron chi connectivity index (χ0n) is 17.8. The van der Waals surface area contributed by atoms with Crippen LogP contribution in [0.3, 0.4) is 0 Å². The Morgan fingerprint density at radius 2 is 1.57 bits per heavy atom. The van der Waals surface area contributed by atoms with Crippen molar-refractivity contribution in [3.63, 3.8) is 0 Å². The Hall–Kier alpha value is -3.21. The van der Waals surface area contributed by atoms with Crippen LogP contribution in [0, 0.1) is 20.8 Å². The molecule has 0 unspecified atom stereocenters. The highest BCUT2D eigenvalue weighted by Crippen LogP contribution is 2.31. The minimum atomic E-state index is 0.466. The average molecular weight is 398 g/mol. The number of aromatic nitrogens is 4. The molecule has 2 aromatic heterocycles. The molecule has 1 aliphatic heterocycles. The molecule has 5 heteroatoms. The zero-order valence-corrected chi connectivity index (χ0v) is 17.8. The maximum Gasteiger partial charge on any atom is 0.132 e. The molecule has 30 heavy (non-hydrogen) atoms. The van der Waals surface area contributed by atoms with Crippen molar-refractivity contribution in [3.8, 4) is 11.3 Å². The molecular weight excluding hydrogens is 370 g/mol. The smallest absolute Gasteiger partial charge is 0.132 e. The third kappa shape index (κ3) is 3.67. The lowest BCUT2D eigenvalue weighted by Gasteiger charge is -2.32. The second-order valence-electron chi connectivity index (χ2n) is 8.43. The van der Waals surface area contributed by atoms with Crippen LogP contribution in [0.2, 0.25) is 0 Å². The highest BCUT2D eigenvalue weighted by Gasteiger charge is 2.24. The number of imidazole rings is 1.